The Hall–Kier alpha value is -0.530. The quantitative estimate of drug-likeness (QED) is 0.135. The highest BCUT2D eigenvalue weighted by Crippen LogP contribution is 2.15. The molecule has 0 rings (SSSR count). The Kier molecular flexibility index (Phi) is 22.3. The fourth-order valence-electron chi connectivity index (χ4n) is 3.82. The van der Waals surface area contributed by atoms with Crippen LogP contribution in [0.1, 0.15) is 149 Å². The zero-order valence-corrected chi connectivity index (χ0v) is 19.7. The average Bonchev–Trinajstić information content (AvgIpc) is 2.71. The predicted octanol–water partition coefficient (Wildman–Crippen LogP) is 9.01. The van der Waals surface area contributed by atoms with Gasteiger partial charge in [-0.15, -0.1) is 0 Å². The van der Waals surface area contributed by atoms with E-state index in [9.17, 15) is 4.79 Å². The van der Waals surface area contributed by atoms with Crippen LogP contribution in [0.4, 0.5) is 0 Å². The highest BCUT2D eigenvalue weighted by atomic mass is 16.5. The minimum Gasteiger partial charge on any atom is -0.465 e. The van der Waals surface area contributed by atoms with Gasteiger partial charge in [-0.25, -0.2) is 0 Å². The minimum absolute atomic E-state index is 0.0182. The topological polar surface area (TPSA) is 26.3 Å². The molecule has 168 valence electrons. The minimum atomic E-state index is 0.0182. The summed E-state index contributed by atoms with van der Waals surface area (Å²) in [7, 11) is 0. The lowest BCUT2D eigenvalue weighted by atomic mass is 10.0. The van der Waals surface area contributed by atoms with Crippen molar-refractivity contribution in [1.82, 2.24) is 0 Å². The number of esters is 1. The first kappa shape index (κ1) is 27.5. The lowest BCUT2D eigenvalue weighted by Gasteiger charge is -2.14. The molecule has 0 aromatic heterocycles. The van der Waals surface area contributed by atoms with Gasteiger partial charge in [0.2, 0.25) is 0 Å². The van der Waals surface area contributed by atoms with Crippen LogP contribution in [-0.2, 0) is 9.53 Å². The third kappa shape index (κ3) is 20.2. The second-order valence-corrected chi connectivity index (χ2v) is 8.80. The molecule has 0 unspecified atom stereocenters. The Morgan fingerprint density at radius 3 is 1.46 bits per heavy atom. The van der Waals surface area contributed by atoms with Gasteiger partial charge in [-0.3, -0.25) is 4.79 Å². The van der Waals surface area contributed by atoms with Gasteiger partial charge >= 0.3 is 5.97 Å². The molecule has 2 nitrogen and oxygen atoms in total. The maximum absolute atomic E-state index is 11.8. The van der Waals surface area contributed by atoms with Gasteiger partial charge in [0.25, 0.3) is 0 Å². The summed E-state index contributed by atoms with van der Waals surface area (Å²) >= 11 is 0. The normalized spacial score (nSPS) is 12.2. The number of hydrogen-bond acceptors (Lipinski definition) is 2. The number of hydrogen-bond donors (Lipinski definition) is 0. The number of carbonyl (C=O) groups is 1. The Bertz CT molecular complexity index is 314. The molecule has 0 spiro atoms. The van der Waals surface area contributed by atoms with Crippen molar-refractivity contribution in [2.45, 2.75) is 149 Å². The summed E-state index contributed by atoms with van der Waals surface area (Å²) in [5.41, 5.74) is 0. The molecule has 0 radical (unpaired) electrons. The number of carbonyl (C=O) groups excluding carboxylic acids is 1. The Morgan fingerprint density at radius 2 is 1.04 bits per heavy atom. The van der Waals surface area contributed by atoms with Crippen molar-refractivity contribution in [3.05, 3.63) is 0 Å². The summed E-state index contributed by atoms with van der Waals surface area (Å²) in [5.74, 6) is 0.578. The molecule has 28 heavy (non-hydrogen) atoms. The van der Waals surface area contributed by atoms with E-state index in [1.165, 1.54) is 109 Å². The molecule has 0 N–H and O–H groups in total. The molecule has 0 amide bonds. The lowest BCUT2D eigenvalue weighted by molar-refractivity contribution is -0.145. The Morgan fingerprint density at radius 1 is 0.607 bits per heavy atom. The van der Waals surface area contributed by atoms with Gasteiger partial charge in [-0.2, -0.15) is 0 Å². The van der Waals surface area contributed by atoms with E-state index in [1.54, 1.807) is 0 Å². The number of ether oxygens (including phenoxy) is 1. The molecule has 0 saturated heterocycles. The molecule has 1 atom stereocenters. The SMILES string of the molecule is CCCCCCCCCCCCCCCCCC(=O)OC[C@H](CC)CCCC. The van der Waals surface area contributed by atoms with Crippen molar-refractivity contribution >= 4 is 5.97 Å². The van der Waals surface area contributed by atoms with Gasteiger partial charge in [-0.05, 0) is 18.8 Å². The number of rotatable bonds is 22. The van der Waals surface area contributed by atoms with E-state index in [4.69, 9.17) is 4.74 Å². The van der Waals surface area contributed by atoms with Gasteiger partial charge in [-0.1, -0.05) is 130 Å². The Labute approximate surface area is 177 Å². The van der Waals surface area contributed by atoms with Crippen LogP contribution >= 0.6 is 0 Å². The summed E-state index contributed by atoms with van der Waals surface area (Å²) < 4.78 is 5.47. The van der Waals surface area contributed by atoms with E-state index in [0.717, 1.165) is 12.8 Å². The van der Waals surface area contributed by atoms with E-state index >= 15 is 0 Å². The molecule has 0 aliphatic heterocycles. The molecule has 0 saturated carbocycles. The molecule has 0 heterocycles. The van der Waals surface area contributed by atoms with Crippen LogP contribution in [0.25, 0.3) is 0 Å². The second-order valence-electron chi connectivity index (χ2n) is 8.80. The van der Waals surface area contributed by atoms with Gasteiger partial charge in [0, 0.05) is 6.42 Å². The largest absolute Gasteiger partial charge is 0.465 e. The summed E-state index contributed by atoms with van der Waals surface area (Å²) in [6.45, 7) is 7.33. The summed E-state index contributed by atoms with van der Waals surface area (Å²) in [6, 6.07) is 0. The van der Waals surface area contributed by atoms with Crippen molar-refractivity contribution in [2.24, 2.45) is 5.92 Å². The average molecular weight is 397 g/mol. The summed E-state index contributed by atoms with van der Waals surface area (Å²) in [5, 5.41) is 0. The molecular formula is C26H52O2. The smallest absolute Gasteiger partial charge is 0.305 e. The highest BCUT2D eigenvalue weighted by molar-refractivity contribution is 5.69. The van der Waals surface area contributed by atoms with Crippen LogP contribution in [0, 0.1) is 5.92 Å². The molecule has 0 aromatic carbocycles. The van der Waals surface area contributed by atoms with E-state index in [2.05, 4.69) is 20.8 Å². The van der Waals surface area contributed by atoms with Crippen LogP contribution in [0.5, 0.6) is 0 Å². The van der Waals surface area contributed by atoms with E-state index < -0.39 is 0 Å². The predicted molar refractivity (Wildman–Crippen MR) is 124 cm³/mol. The van der Waals surface area contributed by atoms with Crippen molar-refractivity contribution in [3.8, 4) is 0 Å². The fourth-order valence-corrected chi connectivity index (χ4v) is 3.82. The van der Waals surface area contributed by atoms with Crippen molar-refractivity contribution in [3.63, 3.8) is 0 Å². The highest BCUT2D eigenvalue weighted by Gasteiger charge is 2.09. The van der Waals surface area contributed by atoms with Gasteiger partial charge in [0.15, 0.2) is 0 Å². The van der Waals surface area contributed by atoms with E-state index in [0.29, 0.717) is 18.9 Å². The molecule has 0 fully saturated rings. The molecule has 0 bridgehead atoms. The molecule has 2 heteroatoms. The summed E-state index contributed by atoms with van der Waals surface area (Å²) in [4.78, 5) is 11.8. The van der Waals surface area contributed by atoms with E-state index in [1.807, 2.05) is 0 Å². The van der Waals surface area contributed by atoms with Crippen LogP contribution in [0.15, 0.2) is 0 Å². The van der Waals surface area contributed by atoms with Crippen LogP contribution in [-0.4, -0.2) is 12.6 Å². The maximum atomic E-state index is 11.8. The van der Waals surface area contributed by atoms with Gasteiger partial charge in [0.1, 0.15) is 0 Å². The molecular weight excluding hydrogens is 344 g/mol. The molecule has 0 aliphatic rings. The fraction of sp³-hybridized carbons (Fsp3) is 0.962. The van der Waals surface area contributed by atoms with Crippen molar-refractivity contribution in [2.75, 3.05) is 6.61 Å². The monoisotopic (exact) mass is 396 g/mol. The van der Waals surface area contributed by atoms with Crippen LogP contribution in [0.3, 0.4) is 0 Å². The third-order valence-electron chi connectivity index (χ3n) is 6.01. The van der Waals surface area contributed by atoms with E-state index in [-0.39, 0.29) is 5.97 Å². The van der Waals surface area contributed by atoms with Crippen molar-refractivity contribution < 1.29 is 9.53 Å². The zero-order chi connectivity index (χ0) is 20.7. The second kappa shape index (κ2) is 22.8. The van der Waals surface area contributed by atoms with Gasteiger partial charge in [0.05, 0.1) is 6.61 Å². The Balaban J connectivity index is 3.27. The van der Waals surface area contributed by atoms with Gasteiger partial charge < -0.3 is 4.74 Å². The summed E-state index contributed by atoms with van der Waals surface area (Å²) in [6.07, 6.45) is 25.8. The first-order valence-corrected chi connectivity index (χ1v) is 12.9. The van der Waals surface area contributed by atoms with Crippen LogP contribution in [0.2, 0.25) is 0 Å². The number of unbranched alkanes of at least 4 members (excludes halogenated alkanes) is 15. The molecule has 0 aliphatic carbocycles. The first-order valence-electron chi connectivity index (χ1n) is 12.9. The van der Waals surface area contributed by atoms with Crippen molar-refractivity contribution in [1.29, 1.82) is 0 Å². The molecule has 0 aromatic rings. The maximum Gasteiger partial charge on any atom is 0.305 e. The lowest BCUT2D eigenvalue weighted by Crippen LogP contribution is -2.13. The third-order valence-corrected chi connectivity index (χ3v) is 6.01. The van der Waals surface area contributed by atoms with Crippen LogP contribution < -0.4 is 0 Å². The standard InChI is InChI=1S/C26H52O2/c1-4-7-9-10-11-12-13-14-15-16-17-18-19-20-21-23-26(27)28-24-25(6-3)22-8-5-2/h25H,4-24H2,1-3H3/t25-/m1/s1. The first-order chi connectivity index (χ1) is 13.7. The zero-order valence-electron chi connectivity index (χ0n) is 19.7.